The Hall–Kier alpha value is -1.69. The molecule has 1 heterocycles. The van der Waals surface area contributed by atoms with Crippen molar-refractivity contribution in [2.45, 2.75) is 13.2 Å². The summed E-state index contributed by atoms with van der Waals surface area (Å²) in [5, 5.41) is 5.00. The van der Waals surface area contributed by atoms with E-state index in [1.54, 1.807) is 17.6 Å². The van der Waals surface area contributed by atoms with E-state index in [1.807, 2.05) is 5.38 Å². The highest BCUT2D eigenvalue weighted by Crippen LogP contribution is 2.19. The normalized spacial score (nSPS) is 10.5. The van der Waals surface area contributed by atoms with Crippen LogP contribution in [0.3, 0.4) is 0 Å². The molecule has 1 aromatic heterocycles. The summed E-state index contributed by atoms with van der Waals surface area (Å²) < 4.78 is 28.3. The molecule has 0 aliphatic carbocycles. The second kappa shape index (κ2) is 5.58. The third kappa shape index (κ3) is 3.67. The SMILES string of the molecule is FC(F)Oc1cccc(NCc2cscn2)c1. The van der Waals surface area contributed by atoms with Crippen LogP contribution in [0.15, 0.2) is 35.2 Å². The van der Waals surface area contributed by atoms with Crippen LogP contribution in [-0.2, 0) is 6.54 Å². The molecule has 3 nitrogen and oxygen atoms in total. The first-order valence-electron chi connectivity index (χ1n) is 4.90. The van der Waals surface area contributed by atoms with E-state index in [2.05, 4.69) is 15.0 Å². The fraction of sp³-hybridized carbons (Fsp3) is 0.182. The Bertz CT molecular complexity index is 462. The molecule has 0 unspecified atom stereocenters. The average Bonchev–Trinajstić information content (AvgIpc) is 2.79. The van der Waals surface area contributed by atoms with Gasteiger partial charge in [-0.25, -0.2) is 4.98 Å². The molecule has 0 bridgehead atoms. The lowest BCUT2D eigenvalue weighted by molar-refractivity contribution is -0.0498. The number of benzene rings is 1. The maximum absolute atomic E-state index is 12.0. The lowest BCUT2D eigenvalue weighted by Gasteiger charge is -2.08. The molecule has 0 amide bonds. The largest absolute Gasteiger partial charge is 0.435 e. The topological polar surface area (TPSA) is 34.1 Å². The number of aromatic nitrogens is 1. The number of hydrogen-bond donors (Lipinski definition) is 1. The van der Waals surface area contributed by atoms with Gasteiger partial charge in [-0.2, -0.15) is 8.78 Å². The van der Waals surface area contributed by atoms with Gasteiger partial charge in [-0.15, -0.1) is 11.3 Å². The summed E-state index contributed by atoms with van der Waals surface area (Å²) in [6.07, 6.45) is 0. The highest BCUT2D eigenvalue weighted by molar-refractivity contribution is 7.07. The molecule has 17 heavy (non-hydrogen) atoms. The van der Waals surface area contributed by atoms with E-state index < -0.39 is 6.61 Å². The molecule has 0 radical (unpaired) electrons. The number of rotatable bonds is 5. The van der Waals surface area contributed by atoms with E-state index in [0.717, 1.165) is 11.4 Å². The highest BCUT2D eigenvalue weighted by atomic mass is 32.1. The van der Waals surface area contributed by atoms with Crippen molar-refractivity contribution < 1.29 is 13.5 Å². The Morgan fingerprint density at radius 3 is 3.00 bits per heavy atom. The van der Waals surface area contributed by atoms with Gasteiger partial charge in [0.05, 0.1) is 17.7 Å². The van der Waals surface area contributed by atoms with Crippen LogP contribution < -0.4 is 10.1 Å². The molecule has 0 aliphatic heterocycles. The fourth-order valence-electron chi connectivity index (χ4n) is 1.30. The van der Waals surface area contributed by atoms with Gasteiger partial charge in [-0.3, -0.25) is 0 Å². The van der Waals surface area contributed by atoms with E-state index >= 15 is 0 Å². The molecule has 2 aromatic rings. The fourth-order valence-corrected chi connectivity index (χ4v) is 1.86. The zero-order chi connectivity index (χ0) is 12.1. The van der Waals surface area contributed by atoms with Crippen molar-refractivity contribution in [2.75, 3.05) is 5.32 Å². The van der Waals surface area contributed by atoms with E-state index in [4.69, 9.17) is 0 Å². The van der Waals surface area contributed by atoms with Crippen LogP contribution in [0.1, 0.15) is 5.69 Å². The summed E-state index contributed by atoms with van der Waals surface area (Å²) in [5.41, 5.74) is 3.37. The average molecular weight is 256 g/mol. The summed E-state index contributed by atoms with van der Waals surface area (Å²) >= 11 is 1.51. The molecule has 0 saturated heterocycles. The number of hydrogen-bond acceptors (Lipinski definition) is 4. The Balaban J connectivity index is 1.96. The maximum Gasteiger partial charge on any atom is 0.387 e. The van der Waals surface area contributed by atoms with Crippen molar-refractivity contribution in [1.29, 1.82) is 0 Å². The van der Waals surface area contributed by atoms with Crippen LogP contribution in [-0.4, -0.2) is 11.6 Å². The molecule has 6 heteroatoms. The summed E-state index contributed by atoms with van der Waals surface area (Å²) in [6, 6.07) is 6.45. The van der Waals surface area contributed by atoms with Gasteiger partial charge in [-0.1, -0.05) is 6.07 Å². The third-order valence-corrected chi connectivity index (χ3v) is 2.65. The second-order valence-electron chi connectivity index (χ2n) is 3.24. The van der Waals surface area contributed by atoms with Crippen LogP contribution in [0, 0.1) is 0 Å². The second-order valence-corrected chi connectivity index (χ2v) is 3.96. The van der Waals surface area contributed by atoms with Gasteiger partial charge in [0.1, 0.15) is 5.75 Å². The van der Waals surface area contributed by atoms with E-state index in [9.17, 15) is 8.78 Å². The van der Waals surface area contributed by atoms with Crippen LogP contribution in [0.4, 0.5) is 14.5 Å². The lowest BCUT2D eigenvalue weighted by atomic mass is 10.3. The number of anilines is 1. The predicted molar refractivity (Wildman–Crippen MR) is 62.5 cm³/mol. The molecule has 0 atom stereocenters. The van der Waals surface area contributed by atoms with Crippen molar-refractivity contribution in [3.05, 3.63) is 40.8 Å². The number of nitrogens with zero attached hydrogens (tertiary/aromatic N) is 1. The molecule has 0 spiro atoms. The maximum atomic E-state index is 12.0. The number of thiazole rings is 1. The Morgan fingerprint density at radius 1 is 1.41 bits per heavy atom. The Morgan fingerprint density at radius 2 is 2.29 bits per heavy atom. The number of nitrogens with one attached hydrogen (secondary N) is 1. The van der Waals surface area contributed by atoms with Gasteiger partial charge >= 0.3 is 6.61 Å². The molecule has 0 fully saturated rings. The predicted octanol–water partition coefficient (Wildman–Crippen LogP) is 3.36. The van der Waals surface area contributed by atoms with Crippen molar-refractivity contribution >= 4 is 17.0 Å². The van der Waals surface area contributed by atoms with Gasteiger partial charge in [0.25, 0.3) is 0 Å². The van der Waals surface area contributed by atoms with Gasteiger partial charge < -0.3 is 10.1 Å². The minimum absolute atomic E-state index is 0.142. The van der Waals surface area contributed by atoms with E-state index in [-0.39, 0.29) is 5.75 Å². The molecule has 1 N–H and O–H groups in total. The smallest absolute Gasteiger partial charge is 0.387 e. The summed E-state index contributed by atoms with van der Waals surface area (Å²) in [6.45, 7) is -2.24. The number of alkyl halides is 2. The van der Waals surface area contributed by atoms with Gasteiger partial charge in [0, 0.05) is 17.1 Å². The third-order valence-electron chi connectivity index (χ3n) is 2.02. The quantitative estimate of drug-likeness (QED) is 0.890. The summed E-state index contributed by atoms with van der Waals surface area (Å²) in [5.74, 6) is 0.142. The van der Waals surface area contributed by atoms with Crippen LogP contribution >= 0.6 is 11.3 Å². The monoisotopic (exact) mass is 256 g/mol. The molecular weight excluding hydrogens is 246 g/mol. The first kappa shape index (κ1) is 11.8. The van der Waals surface area contributed by atoms with E-state index in [1.165, 1.54) is 23.5 Å². The first-order valence-corrected chi connectivity index (χ1v) is 5.84. The van der Waals surface area contributed by atoms with Crippen molar-refractivity contribution in [3.8, 4) is 5.75 Å². The molecule has 90 valence electrons. The first-order chi connectivity index (χ1) is 8.24. The molecule has 2 rings (SSSR count). The zero-order valence-corrected chi connectivity index (χ0v) is 9.58. The van der Waals surface area contributed by atoms with Crippen molar-refractivity contribution in [3.63, 3.8) is 0 Å². The lowest BCUT2D eigenvalue weighted by Crippen LogP contribution is -2.03. The Kier molecular flexibility index (Phi) is 3.87. The van der Waals surface area contributed by atoms with Crippen molar-refractivity contribution in [2.24, 2.45) is 0 Å². The van der Waals surface area contributed by atoms with Crippen LogP contribution in [0.5, 0.6) is 5.75 Å². The molecule has 0 aliphatic rings. The van der Waals surface area contributed by atoms with E-state index in [0.29, 0.717) is 6.54 Å². The van der Waals surface area contributed by atoms with Gasteiger partial charge in [0.15, 0.2) is 0 Å². The minimum Gasteiger partial charge on any atom is -0.435 e. The Labute approximate surface area is 101 Å². The van der Waals surface area contributed by atoms with Crippen LogP contribution in [0.25, 0.3) is 0 Å². The van der Waals surface area contributed by atoms with Crippen LogP contribution in [0.2, 0.25) is 0 Å². The van der Waals surface area contributed by atoms with Gasteiger partial charge in [0.2, 0.25) is 0 Å². The molecule has 1 aromatic carbocycles. The number of ether oxygens (including phenoxy) is 1. The molecule has 0 saturated carbocycles. The summed E-state index contributed by atoms with van der Waals surface area (Å²) in [7, 11) is 0. The number of halogens is 2. The zero-order valence-electron chi connectivity index (χ0n) is 8.77. The minimum atomic E-state index is -2.80. The molecular formula is C11H10F2N2OS. The van der Waals surface area contributed by atoms with Gasteiger partial charge in [-0.05, 0) is 12.1 Å². The van der Waals surface area contributed by atoms with Crippen molar-refractivity contribution in [1.82, 2.24) is 4.98 Å². The highest BCUT2D eigenvalue weighted by Gasteiger charge is 2.04. The summed E-state index contributed by atoms with van der Waals surface area (Å²) in [4.78, 5) is 4.11. The standard InChI is InChI=1S/C11H10F2N2OS/c12-11(13)16-10-3-1-2-8(4-10)14-5-9-6-17-7-15-9/h1-4,6-7,11,14H,5H2.